The summed E-state index contributed by atoms with van der Waals surface area (Å²) in [6, 6.07) is 0. The Balaban J connectivity index is 2.06. The normalized spacial score (nSPS) is 10.6. The molecule has 0 bridgehead atoms. The number of nitrogen functional groups attached to an aromatic ring is 1. The third-order valence-electron chi connectivity index (χ3n) is 3.04. The lowest BCUT2D eigenvalue weighted by Gasteiger charge is -2.05. The minimum atomic E-state index is -0.179. The second-order valence-corrected chi connectivity index (χ2v) is 6.44. The highest BCUT2D eigenvalue weighted by Gasteiger charge is 2.07. The molecule has 1 rings (SSSR count). The average Bonchev–Trinajstić information content (AvgIpc) is 2.48. The Hall–Kier alpha value is -1.01. The van der Waals surface area contributed by atoms with Crippen LogP contribution in [-0.4, -0.2) is 28.3 Å². The van der Waals surface area contributed by atoms with Gasteiger partial charge in [-0.15, -0.1) is 11.8 Å². The standard InChI is InChI=1S/C15H24ClN3O2S/c1-2-3-4-5-6-7-9-21-13(20)8-10-22-15-14(17)19-12(16)11-18-15/h11H,2-10H2,1H3,(H2,17,19). The zero-order valence-corrected chi connectivity index (χ0v) is 14.6. The first kappa shape index (κ1) is 19.0. The van der Waals surface area contributed by atoms with E-state index in [0.717, 1.165) is 12.8 Å². The van der Waals surface area contributed by atoms with E-state index in [4.69, 9.17) is 22.1 Å². The summed E-state index contributed by atoms with van der Waals surface area (Å²) in [5.41, 5.74) is 5.69. The number of hydrogen-bond acceptors (Lipinski definition) is 6. The lowest BCUT2D eigenvalue weighted by Crippen LogP contribution is -2.07. The number of unbranched alkanes of at least 4 members (excludes halogenated alkanes) is 5. The number of halogens is 1. The Morgan fingerprint density at radius 1 is 1.32 bits per heavy atom. The molecular weight excluding hydrogens is 322 g/mol. The van der Waals surface area contributed by atoms with E-state index in [2.05, 4.69) is 16.9 Å². The molecule has 1 aromatic rings. The fourth-order valence-corrected chi connectivity index (χ4v) is 2.78. The van der Waals surface area contributed by atoms with Gasteiger partial charge in [0.1, 0.15) is 10.2 Å². The van der Waals surface area contributed by atoms with Gasteiger partial charge in [0.2, 0.25) is 0 Å². The van der Waals surface area contributed by atoms with Crippen LogP contribution in [0.1, 0.15) is 51.9 Å². The van der Waals surface area contributed by atoms with Crippen LogP contribution in [0.3, 0.4) is 0 Å². The van der Waals surface area contributed by atoms with Crippen molar-refractivity contribution in [2.24, 2.45) is 0 Å². The molecule has 0 spiro atoms. The van der Waals surface area contributed by atoms with Gasteiger partial charge in [-0.3, -0.25) is 4.79 Å². The van der Waals surface area contributed by atoms with Crippen molar-refractivity contribution in [2.75, 3.05) is 18.1 Å². The number of nitrogens with zero attached hydrogens (tertiary/aromatic N) is 2. The first-order valence-corrected chi connectivity index (χ1v) is 9.06. The van der Waals surface area contributed by atoms with Gasteiger partial charge in [-0.1, -0.05) is 50.6 Å². The maximum Gasteiger partial charge on any atom is 0.306 e. The number of ether oxygens (including phenoxy) is 1. The number of hydrogen-bond donors (Lipinski definition) is 1. The van der Waals surface area contributed by atoms with Gasteiger partial charge in [-0.2, -0.15) is 0 Å². The van der Waals surface area contributed by atoms with Gasteiger partial charge < -0.3 is 10.5 Å². The molecule has 1 heterocycles. The van der Waals surface area contributed by atoms with Crippen molar-refractivity contribution in [1.82, 2.24) is 9.97 Å². The summed E-state index contributed by atoms with van der Waals surface area (Å²) < 4.78 is 5.20. The minimum absolute atomic E-state index is 0.179. The molecule has 0 amide bonds. The lowest BCUT2D eigenvalue weighted by atomic mass is 10.1. The van der Waals surface area contributed by atoms with E-state index in [1.54, 1.807) is 0 Å². The molecule has 0 aliphatic heterocycles. The third kappa shape index (κ3) is 8.44. The number of rotatable bonds is 11. The lowest BCUT2D eigenvalue weighted by molar-refractivity contribution is -0.143. The van der Waals surface area contributed by atoms with E-state index >= 15 is 0 Å². The molecule has 124 valence electrons. The smallest absolute Gasteiger partial charge is 0.306 e. The van der Waals surface area contributed by atoms with Gasteiger partial charge >= 0.3 is 5.97 Å². The Kier molecular flexibility index (Phi) is 9.99. The molecule has 0 saturated carbocycles. The third-order valence-corrected chi connectivity index (χ3v) is 4.22. The molecule has 7 heteroatoms. The van der Waals surface area contributed by atoms with Crippen LogP contribution in [-0.2, 0) is 9.53 Å². The number of anilines is 1. The molecule has 0 aliphatic carbocycles. The van der Waals surface area contributed by atoms with E-state index in [-0.39, 0.29) is 16.9 Å². The highest BCUT2D eigenvalue weighted by atomic mass is 35.5. The summed E-state index contributed by atoms with van der Waals surface area (Å²) in [6.07, 6.45) is 8.86. The van der Waals surface area contributed by atoms with Crippen LogP contribution in [0.2, 0.25) is 5.15 Å². The molecule has 1 aromatic heterocycles. The molecule has 2 N–H and O–H groups in total. The molecule has 5 nitrogen and oxygen atoms in total. The topological polar surface area (TPSA) is 78.1 Å². The number of aromatic nitrogens is 2. The quantitative estimate of drug-likeness (QED) is 0.369. The Morgan fingerprint density at radius 2 is 2.05 bits per heavy atom. The molecular formula is C15H24ClN3O2S. The molecule has 0 saturated heterocycles. The van der Waals surface area contributed by atoms with E-state index in [1.165, 1.54) is 43.6 Å². The van der Waals surface area contributed by atoms with Gasteiger partial charge in [0.15, 0.2) is 5.82 Å². The monoisotopic (exact) mass is 345 g/mol. The zero-order chi connectivity index (χ0) is 16.2. The molecule has 0 aliphatic rings. The van der Waals surface area contributed by atoms with E-state index in [1.807, 2.05) is 0 Å². The Bertz CT molecular complexity index is 460. The van der Waals surface area contributed by atoms with Crippen molar-refractivity contribution in [3.8, 4) is 0 Å². The van der Waals surface area contributed by atoms with Gasteiger partial charge in [-0.05, 0) is 6.42 Å². The summed E-state index contributed by atoms with van der Waals surface area (Å²) in [7, 11) is 0. The zero-order valence-electron chi connectivity index (χ0n) is 13.0. The predicted octanol–water partition coefficient (Wildman–Crippen LogP) is 4.10. The van der Waals surface area contributed by atoms with E-state index in [9.17, 15) is 4.79 Å². The van der Waals surface area contributed by atoms with Crippen molar-refractivity contribution in [3.63, 3.8) is 0 Å². The van der Waals surface area contributed by atoms with Gasteiger partial charge in [-0.25, -0.2) is 9.97 Å². The van der Waals surface area contributed by atoms with Gasteiger partial charge in [0, 0.05) is 5.75 Å². The highest BCUT2D eigenvalue weighted by molar-refractivity contribution is 7.99. The summed E-state index contributed by atoms with van der Waals surface area (Å²) in [5, 5.41) is 0.855. The molecule has 0 fully saturated rings. The number of carbonyl (C=O) groups excluding carboxylic acids is 1. The van der Waals surface area contributed by atoms with Crippen LogP contribution >= 0.6 is 23.4 Å². The largest absolute Gasteiger partial charge is 0.466 e. The molecule has 0 aromatic carbocycles. The predicted molar refractivity (Wildman–Crippen MR) is 91.1 cm³/mol. The van der Waals surface area contributed by atoms with Crippen LogP contribution in [0.15, 0.2) is 11.2 Å². The number of esters is 1. The minimum Gasteiger partial charge on any atom is -0.466 e. The summed E-state index contributed by atoms with van der Waals surface area (Å²) in [6.45, 7) is 2.71. The first-order valence-electron chi connectivity index (χ1n) is 7.70. The number of nitrogens with two attached hydrogens (primary N) is 1. The number of carbonyl (C=O) groups is 1. The summed E-state index contributed by atoms with van der Waals surface area (Å²) in [5.74, 6) is 0.676. The van der Waals surface area contributed by atoms with Crippen LogP contribution in [0.4, 0.5) is 5.82 Å². The van der Waals surface area contributed by atoms with E-state index in [0.29, 0.717) is 23.8 Å². The molecule has 0 unspecified atom stereocenters. The van der Waals surface area contributed by atoms with Crippen molar-refractivity contribution in [2.45, 2.75) is 56.9 Å². The van der Waals surface area contributed by atoms with Crippen LogP contribution in [0, 0.1) is 0 Å². The highest BCUT2D eigenvalue weighted by Crippen LogP contribution is 2.22. The SMILES string of the molecule is CCCCCCCCOC(=O)CCSc1ncc(Cl)nc1N. The number of thioether (sulfide) groups is 1. The van der Waals surface area contributed by atoms with Crippen molar-refractivity contribution in [1.29, 1.82) is 0 Å². The Labute approximate surface area is 141 Å². The fraction of sp³-hybridized carbons (Fsp3) is 0.667. The van der Waals surface area contributed by atoms with Crippen LogP contribution in [0.25, 0.3) is 0 Å². The molecule has 0 radical (unpaired) electrons. The maximum atomic E-state index is 11.6. The van der Waals surface area contributed by atoms with Crippen molar-refractivity contribution < 1.29 is 9.53 Å². The molecule has 0 atom stereocenters. The van der Waals surface area contributed by atoms with Crippen molar-refractivity contribution in [3.05, 3.63) is 11.3 Å². The fourth-order valence-electron chi connectivity index (χ4n) is 1.85. The van der Waals surface area contributed by atoms with Gasteiger partial charge in [0.05, 0.1) is 19.2 Å². The Morgan fingerprint density at radius 3 is 2.77 bits per heavy atom. The first-order chi connectivity index (χ1) is 10.6. The maximum absolute atomic E-state index is 11.6. The summed E-state index contributed by atoms with van der Waals surface area (Å²) >= 11 is 7.05. The van der Waals surface area contributed by atoms with Gasteiger partial charge in [0.25, 0.3) is 0 Å². The van der Waals surface area contributed by atoms with E-state index < -0.39 is 0 Å². The van der Waals surface area contributed by atoms with Crippen LogP contribution in [0.5, 0.6) is 0 Å². The second kappa shape index (κ2) is 11.5. The van der Waals surface area contributed by atoms with Crippen molar-refractivity contribution >= 4 is 35.1 Å². The summed E-state index contributed by atoms with van der Waals surface area (Å²) in [4.78, 5) is 19.6. The molecule has 22 heavy (non-hydrogen) atoms. The average molecular weight is 346 g/mol. The second-order valence-electron chi connectivity index (χ2n) is 4.97. The van der Waals surface area contributed by atoms with Crippen LogP contribution < -0.4 is 5.73 Å².